The van der Waals surface area contributed by atoms with Gasteiger partial charge in [-0.25, -0.2) is 0 Å². The molecule has 29 heavy (non-hydrogen) atoms. The van der Waals surface area contributed by atoms with Gasteiger partial charge in [0.1, 0.15) is 18.1 Å². The summed E-state index contributed by atoms with van der Waals surface area (Å²) in [5.74, 6) is -1.09. The molecule has 3 rings (SSSR count). The Morgan fingerprint density at radius 1 is 1.28 bits per heavy atom. The molecule has 1 aromatic heterocycles. The number of nitrogens with zero attached hydrogens (tertiary/aromatic N) is 2. The number of likely N-dealkylation sites (tertiary alicyclic amines) is 1. The molecule has 1 atom stereocenters. The van der Waals surface area contributed by atoms with Crippen LogP contribution in [0.4, 0.5) is 0 Å². The summed E-state index contributed by atoms with van der Waals surface area (Å²) in [4.78, 5) is 30.9. The summed E-state index contributed by atoms with van der Waals surface area (Å²) in [5, 5.41) is 10.9. The van der Waals surface area contributed by atoms with E-state index in [1.807, 2.05) is 0 Å². The van der Waals surface area contributed by atoms with Crippen molar-refractivity contribution in [2.24, 2.45) is 0 Å². The molecule has 1 aromatic carbocycles. The Bertz CT molecular complexity index is 939. The second kappa shape index (κ2) is 9.16. The van der Waals surface area contributed by atoms with Gasteiger partial charge in [0.15, 0.2) is 0 Å². The van der Waals surface area contributed by atoms with Gasteiger partial charge < -0.3 is 19.5 Å². The van der Waals surface area contributed by atoms with E-state index in [0.717, 1.165) is 0 Å². The van der Waals surface area contributed by atoms with Crippen LogP contribution in [0.3, 0.4) is 0 Å². The molecule has 1 aliphatic heterocycles. The van der Waals surface area contributed by atoms with Gasteiger partial charge in [0.05, 0.1) is 18.2 Å². The van der Waals surface area contributed by atoms with Gasteiger partial charge in [-0.2, -0.15) is 0 Å². The van der Waals surface area contributed by atoms with Crippen molar-refractivity contribution in [2.75, 3.05) is 26.9 Å². The zero-order valence-corrected chi connectivity index (χ0v) is 16.1. The fourth-order valence-corrected chi connectivity index (χ4v) is 3.24. The second-order valence-corrected chi connectivity index (χ2v) is 6.39. The zero-order chi connectivity index (χ0) is 20.8. The highest BCUT2D eigenvalue weighted by molar-refractivity contribution is 6.46. The van der Waals surface area contributed by atoms with Crippen LogP contribution in [0.1, 0.15) is 17.2 Å². The van der Waals surface area contributed by atoms with E-state index in [0.29, 0.717) is 23.5 Å². The van der Waals surface area contributed by atoms with E-state index in [1.54, 1.807) is 42.5 Å². The number of ketones is 1. The fraction of sp³-hybridized carbons (Fsp3) is 0.227. The van der Waals surface area contributed by atoms with Gasteiger partial charge in [0.25, 0.3) is 11.7 Å². The molecular formula is C22H22N2O5. The number of aromatic nitrogens is 1. The molecule has 2 heterocycles. The molecule has 0 spiro atoms. The molecule has 1 fully saturated rings. The van der Waals surface area contributed by atoms with Crippen LogP contribution in [-0.2, 0) is 14.3 Å². The average Bonchev–Trinajstić information content (AvgIpc) is 3.01. The summed E-state index contributed by atoms with van der Waals surface area (Å²) in [6.45, 7) is 4.41. The Balaban J connectivity index is 2.12. The summed E-state index contributed by atoms with van der Waals surface area (Å²) >= 11 is 0. The van der Waals surface area contributed by atoms with Gasteiger partial charge in [-0.3, -0.25) is 14.6 Å². The quantitative estimate of drug-likeness (QED) is 0.321. The van der Waals surface area contributed by atoms with E-state index in [2.05, 4.69) is 11.6 Å². The van der Waals surface area contributed by atoms with Crippen molar-refractivity contribution in [3.63, 3.8) is 0 Å². The molecule has 0 aliphatic carbocycles. The van der Waals surface area contributed by atoms with Crippen molar-refractivity contribution in [1.29, 1.82) is 0 Å². The summed E-state index contributed by atoms with van der Waals surface area (Å²) in [6.07, 6.45) is 4.64. The largest absolute Gasteiger partial charge is 0.507 e. The summed E-state index contributed by atoms with van der Waals surface area (Å²) in [5.41, 5.74) is 1.09. The Morgan fingerprint density at radius 3 is 2.72 bits per heavy atom. The molecular weight excluding hydrogens is 372 g/mol. The van der Waals surface area contributed by atoms with Crippen LogP contribution < -0.4 is 4.74 Å². The highest BCUT2D eigenvalue weighted by Crippen LogP contribution is 2.39. The highest BCUT2D eigenvalue weighted by atomic mass is 16.5. The molecule has 0 bridgehead atoms. The molecule has 1 unspecified atom stereocenters. The van der Waals surface area contributed by atoms with Crippen molar-refractivity contribution in [3.8, 4) is 5.75 Å². The van der Waals surface area contributed by atoms with Crippen molar-refractivity contribution in [1.82, 2.24) is 9.88 Å². The smallest absolute Gasteiger partial charge is 0.295 e. The van der Waals surface area contributed by atoms with Crippen molar-refractivity contribution in [2.45, 2.75) is 6.04 Å². The molecule has 7 heteroatoms. The molecule has 7 nitrogen and oxygen atoms in total. The van der Waals surface area contributed by atoms with Crippen LogP contribution in [0.5, 0.6) is 5.75 Å². The SMILES string of the molecule is C=CCOc1cccc(C2C(=C(O)c3ccncc3)C(=O)C(=O)N2CCOC)c1. The van der Waals surface area contributed by atoms with Crippen LogP contribution in [0.25, 0.3) is 5.76 Å². The van der Waals surface area contributed by atoms with E-state index in [-0.39, 0.29) is 24.5 Å². The Labute approximate surface area is 168 Å². The molecule has 1 saturated heterocycles. The first-order valence-corrected chi connectivity index (χ1v) is 9.10. The summed E-state index contributed by atoms with van der Waals surface area (Å²) < 4.78 is 10.7. The van der Waals surface area contributed by atoms with E-state index >= 15 is 0 Å². The van der Waals surface area contributed by atoms with Crippen LogP contribution in [-0.4, -0.2) is 53.5 Å². The van der Waals surface area contributed by atoms with Crippen molar-refractivity contribution in [3.05, 3.63) is 78.1 Å². The van der Waals surface area contributed by atoms with Crippen LogP contribution in [0.15, 0.2) is 67.0 Å². The topological polar surface area (TPSA) is 89.0 Å². The minimum atomic E-state index is -0.759. The first kappa shape index (κ1) is 20.3. The number of methoxy groups -OCH3 is 1. The maximum Gasteiger partial charge on any atom is 0.295 e. The Morgan fingerprint density at radius 2 is 2.03 bits per heavy atom. The number of Topliss-reactive ketones (excluding diaryl/α,β-unsaturated/α-hetero) is 1. The lowest BCUT2D eigenvalue weighted by Gasteiger charge is -2.25. The minimum absolute atomic E-state index is 0.0261. The minimum Gasteiger partial charge on any atom is -0.507 e. The second-order valence-electron chi connectivity index (χ2n) is 6.39. The number of hydrogen-bond acceptors (Lipinski definition) is 6. The first-order chi connectivity index (χ1) is 14.1. The van der Waals surface area contributed by atoms with Crippen LogP contribution in [0.2, 0.25) is 0 Å². The monoisotopic (exact) mass is 394 g/mol. The van der Waals surface area contributed by atoms with Gasteiger partial charge in [0.2, 0.25) is 0 Å². The number of carbonyl (C=O) groups is 2. The third-order valence-electron chi connectivity index (χ3n) is 4.57. The van der Waals surface area contributed by atoms with Crippen molar-refractivity contribution >= 4 is 17.4 Å². The number of amides is 1. The Hall–Kier alpha value is -3.45. The van der Waals surface area contributed by atoms with E-state index < -0.39 is 17.7 Å². The normalized spacial score (nSPS) is 18.1. The lowest BCUT2D eigenvalue weighted by molar-refractivity contribution is -0.140. The third-order valence-corrected chi connectivity index (χ3v) is 4.57. The highest BCUT2D eigenvalue weighted by Gasteiger charge is 2.45. The molecule has 1 amide bonds. The number of carbonyl (C=O) groups excluding carboxylic acids is 2. The molecule has 2 aromatic rings. The number of hydrogen-bond donors (Lipinski definition) is 1. The average molecular weight is 394 g/mol. The number of aliphatic hydroxyl groups is 1. The first-order valence-electron chi connectivity index (χ1n) is 9.10. The predicted molar refractivity (Wildman–Crippen MR) is 107 cm³/mol. The number of pyridine rings is 1. The molecule has 1 N–H and O–H groups in total. The van der Waals surface area contributed by atoms with Crippen molar-refractivity contribution < 1.29 is 24.2 Å². The molecule has 0 radical (unpaired) electrons. The van der Waals surface area contributed by atoms with Gasteiger partial charge >= 0.3 is 0 Å². The lowest BCUT2D eigenvalue weighted by Crippen LogP contribution is -2.32. The third kappa shape index (κ3) is 4.20. The fourth-order valence-electron chi connectivity index (χ4n) is 3.24. The van der Waals surface area contributed by atoms with Crippen LogP contribution >= 0.6 is 0 Å². The number of aliphatic hydroxyl groups excluding tert-OH is 1. The van der Waals surface area contributed by atoms with Gasteiger partial charge in [0, 0.05) is 31.6 Å². The van der Waals surface area contributed by atoms with Gasteiger partial charge in [-0.1, -0.05) is 24.8 Å². The zero-order valence-electron chi connectivity index (χ0n) is 16.1. The molecule has 150 valence electrons. The predicted octanol–water partition coefficient (Wildman–Crippen LogP) is 2.71. The van der Waals surface area contributed by atoms with Gasteiger partial charge in [-0.05, 0) is 29.8 Å². The van der Waals surface area contributed by atoms with Gasteiger partial charge in [-0.15, -0.1) is 0 Å². The van der Waals surface area contributed by atoms with E-state index in [1.165, 1.54) is 24.4 Å². The number of rotatable bonds is 8. The number of ether oxygens (including phenoxy) is 2. The Kier molecular flexibility index (Phi) is 6.41. The maximum absolute atomic E-state index is 12.8. The molecule has 1 aliphatic rings. The molecule has 0 saturated carbocycles. The maximum atomic E-state index is 12.8. The summed E-state index contributed by atoms with van der Waals surface area (Å²) in [7, 11) is 1.52. The van der Waals surface area contributed by atoms with Crippen LogP contribution in [0, 0.1) is 0 Å². The van der Waals surface area contributed by atoms with E-state index in [4.69, 9.17) is 9.47 Å². The lowest BCUT2D eigenvalue weighted by atomic mass is 9.95. The summed E-state index contributed by atoms with van der Waals surface area (Å²) in [6, 6.07) is 9.49. The van der Waals surface area contributed by atoms with E-state index in [9.17, 15) is 14.7 Å². The standard InChI is InChI=1S/C22H22N2O5/c1-3-12-29-17-6-4-5-16(14-17)19-18(20(25)15-7-9-23-10-8-15)21(26)22(27)24(19)11-13-28-2/h3-10,14,19,25H,1,11-13H2,2H3. The number of benzene rings is 1.